The number of nitrogens with one attached hydrogen (secondary N) is 1. The molecular formula is C20H27N3O2. The molecule has 1 atom stereocenters. The average molecular weight is 341 g/mol. The average Bonchev–Trinajstić information content (AvgIpc) is 2.65. The van der Waals surface area contributed by atoms with Gasteiger partial charge in [-0.2, -0.15) is 0 Å². The van der Waals surface area contributed by atoms with Gasteiger partial charge in [-0.1, -0.05) is 38.1 Å². The summed E-state index contributed by atoms with van der Waals surface area (Å²) in [5.41, 5.74) is 1.33. The van der Waals surface area contributed by atoms with Crippen LogP contribution in [0.5, 0.6) is 0 Å². The molecule has 0 aliphatic carbocycles. The summed E-state index contributed by atoms with van der Waals surface area (Å²) in [4.78, 5) is 19.5. The molecule has 0 radical (unpaired) electrons. The summed E-state index contributed by atoms with van der Waals surface area (Å²) >= 11 is 0. The number of benzene rings is 1. The highest BCUT2D eigenvalue weighted by Crippen LogP contribution is 2.14. The smallest absolute Gasteiger partial charge is 0.269 e. The summed E-state index contributed by atoms with van der Waals surface area (Å²) in [5.74, 6) is 0.483. The molecule has 0 spiro atoms. The monoisotopic (exact) mass is 341 g/mol. The number of para-hydroxylation sites is 1. The van der Waals surface area contributed by atoms with Crippen molar-refractivity contribution in [3.05, 3.63) is 42.1 Å². The van der Waals surface area contributed by atoms with E-state index in [4.69, 9.17) is 4.74 Å². The maximum absolute atomic E-state index is 12.5. The molecule has 1 aliphatic rings. The first-order valence-corrected chi connectivity index (χ1v) is 9.09. The van der Waals surface area contributed by atoms with Gasteiger partial charge in [-0.25, -0.2) is 4.98 Å². The number of nitrogens with zero attached hydrogens (tertiary/aromatic N) is 2. The van der Waals surface area contributed by atoms with Gasteiger partial charge in [-0.05, 0) is 24.5 Å². The van der Waals surface area contributed by atoms with E-state index in [-0.39, 0.29) is 5.91 Å². The van der Waals surface area contributed by atoms with E-state index in [2.05, 4.69) is 29.0 Å². The van der Waals surface area contributed by atoms with Crippen LogP contribution in [0, 0.1) is 5.92 Å². The lowest BCUT2D eigenvalue weighted by Crippen LogP contribution is -2.49. The zero-order chi connectivity index (χ0) is 17.6. The molecule has 2 aromatic rings. The van der Waals surface area contributed by atoms with Crippen molar-refractivity contribution >= 4 is 16.8 Å². The van der Waals surface area contributed by atoms with E-state index in [1.54, 1.807) is 6.07 Å². The Hall–Kier alpha value is -1.98. The number of hydrogen-bond acceptors (Lipinski definition) is 4. The summed E-state index contributed by atoms with van der Waals surface area (Å²) in [7, 11) is 0. The van der Waals surface area contributed by atoms with Crippen LogP contribution >= 0.6 is 0 Å². The van der Waals surface area contributed by atoms with Gasteiger partial charge in [0, 0.05) is 31.1 Å². The molecule has 5 heteroatoms. The quantitative estimate of drug-likeness (QED) is 0.878. The number of amides is 1. The Morgan fingerprint density at radius 1 is 1.20 bits per heavy atom. The molecule has 0 saturated carbocycles. The molecule has 1 aromatic carbocycles. The largest absolute Gasteiger partial charge is 0.379 e. The van der Waals surface area contributed by atoms with Crippen LogP contribution in [0.2, 0.25) is 0 Å². The van der Waals surface area contributed by atoms with Gasteiger partial charge in [0.25, 0.3) is 5.91 Å². The third kappa shape index (κ3) is 4.77. The van der Waals surface area contributed by atoms with Crippen molar-refractivity contribution in [1.82, 2.24) is 15.2 Å². The summed E-state index contributed by atoms with van der Waals surface area (Å²) in [5, 5.41) is 4.13. The van der Waals surface area contributed by atoms with Gasteiger partial charge in [0.1, 0.15) is 5.69 Å². The van der Waals surface area contributed by atoms with Gasteiger partial charge in [0.2, 0.25) is 0 Å². The lowest BCUT2D eigenvalue weighted by atomic mass is 10.0. The van der Waals surface area contributed by atoms with Crippen LogP contribution < -0.4 is 5.32 Å². The maximum Gasteiger partial charge on any atom is 0.269 e. The van der Waals surface area contributed by atoms with Gasteiger partial charge in [0.05, 0.1) is 18.7 Å². The minimum absolute atomic E-state index is 0.104. The van der Waals surface area contributed by atoms with Crippen LogP contribution in [0.1, 0.15) is 30.8 Å². The van der Waals surface area contributed by atoms with Gasteiger partial charge in [-0.15, -0.1) is 0 Å². The second kappa shape index (κ2) is 8.41. The molecule has 25 heavy (non-hydrogen) atoms. The van der Waals surface area contributed by atoms with Crippen LogP contribution in [0.4, 0.5) is 0 Å². The normalized spacial score (nSPS) is 16.9. The highest BCUT2D eigenvalue weighted by atomic mass is 16.5. The second-order valence-electron chi connectivity index (χ2n) is 7.03. The van der Waals surface area contributed by atoms with Crippen LogP contribution in [-0.2, 0) is 4.74 Å². The minimum Gasteiger partial charge on any atom is -0.379 e. The van der Waals surface area contributed by atoms with E-state index < -0.39 is 0 Å². The van der Waals surface area contributed by atoms with Crippen molar-refractivity contribution in [2.75, 3.05) is 32.8 Å². The molecule has 1 amide bonds. The van der Waals surface area contributed by atoms with E-state index in [1.807, 2.05) is 30.3 Å². The first-order chi connectivity index (χ1) is 12.1. The molecule has 3 rings (SSSR count). The fraction of sp³-hybridized carbons (Fsp3) is 0.500. The van der Waals surface area contributed by atoms with Gasteiger partial charge in [0.15, 0.2) is 0 Å². The highest BCUT2D eigenvalue weighted by Gasteiger charge is 2.22. The minimum atomic E-state index is -0.104. The van der Waals surface area contributed by atoms with E-state index in [9.17, 15) is 4.79 Å². The Balaban J connectivity index is 1.64. The Morgan fingerprint density at radius 3 is 2.72 bits per heavy atom. The zero-order valence-corrected chi connectivity index (χ0v) is 15.1. The first kappa shape index (κ1) is 17.8. The van der Waals surface area contributed by atoms with Crippen LogP contribution in [0.15, 0.2) is 36.4 Å². The summed E-state index contributed by atoms with van der Waals surface area (Å²) < 4.78 is 5.45. The summed E-state index contributed by atoms with van der Waals surface area (Å²) in [6.45, 7) is 8.50. The molecule has 0 bridgehead atoms. The topological polar surface area (TPSA) is 54.5 Å². The molecule has 2 heterocycles. The number of carbonyl (C=O) groups is 1. The third-order valence-electron chi connectivity index (χ3n) is 4.63. The fourth-order valence-corrected chi connectivity index (χ4v) is 3.34. The number of ether oxygens (including phenoxy) is 1. The Bertz CT molecular complexity index is 711. The standard InChI is InChI=1S/C20H27N3O2/c1-15(2)13-17(23-9-11-25-12-10-23)14-21-20(24)19-8-7-16-5-3-4-6-18(16)22-19/h3-8,15,17H,9-14H2,1-2H3,(H,21,24). The van der Waals surface area contributed by atoms with Gasteiger partial charge >= 0.3 is 0 Å². The van der Waals surface area contributed by atoms with Crippen molar-refractivity contribution in [3.63, 3.8) is 0 Å². The third-order valence-corrected chi connectivity index (χ3v) is 4.63. The molecule has 1 saturated heterocycles. The Morgan fingerprint density at radius 2 is 1.96 bits per heavy atom. The van der Waals surface area contributed by atoms with E-state index >= 15 is 0 Å². The van der Waals surface area contributed by atoms with Crippen molar-refractivity contribution in [1.29, 1.82) is 0 Å². The van der Waals surface area contributed by atoms with Crippen molar-refractivity contribution < 1.29 is 9.53 Å². The van der Waals surface area contributed by atoms with E-state index in [0.717, 1.165) is 43.6 Å². The van der Waals surface area contributed by atoms with Crippen molar-refractivity contribution in [3.8, 4) is 0 Å². The first-order valence-electron chi connectivity index (χ1n) is 9.09. The predicted octanol–water partition coefficient (Wildman–Crippen LogP) is 2.71. The predicted molar refractivity (Wildman–Crippen MR) is 99.7 cm³/mol. The summed E-state index contributed by atoms with van der Waals surface area (Å²) in [6.07, 6.45) is 1.06. The van der Waals surface area contributed by atoms with Crippen LogP contribution in [0.25, 0.3) is 10.9 Å². The van der Waals surface area contributed by atoms with Crippen LogP contribution in [0.3, 0.4) is 0 Å². The summed E-state index contributed by atoms with van der Waals surface area (Å²) in [6, 6.07) is 11.9. The maximum atomic E-state index is 12.5. The molecular weight excluding hydrogens is 314 g/mol. The number of rotatable bonds is 6. The molecule has 1 aliphatic heterocycles. The number of carbonyl (C=O) groups excluding carboxylic acids is 1. The van der Waals surface area contributed by atoms with Crippen molar-refractivity contribution in [2.45, 2.75) is 26.3 Å². The van der Waals surface area contributed by atoms with Gasteiger partial charge in [-0.3, -0.25) is 9.69 Å². The zero-order valence-electron chi connectivity index (χ0n) is 15.1. The number of pyridine rings is 1. The number of hydrogen-bond donors (Lipinski definition) is 1. The lowest BCUT2D eigenvalue weighted by molar-refractivity contribution is 0.0124. The highest BCUT2D eigenvalue weighted by molar-refractivity contribution is 5.94. The molecule has 5 nitrogen and oxygen atoms in total. The number of fused-ring (bicyclic) bond motifs is 1. The number of morpholine rings is 1. The molecule has 1 aromatic heterocycles. The van der Waals surface area contributed by atoms with E-state index in [1.165, 1.54) is 0 Å². The van der Waals surface area contributed by atoms with Gasteiger partial charge < -0.3 is 10.1 Å². The molecule has 1 fully saturated rings. The van der Waals surface area contributed by atoms with Crippen LogP contribution in [-0.4, -0.2) is 54.7 Å². The Kier molecular flexibility index (Phi) is 6.00. The van der Waals surface area contributed by atoms with E-state index in [0.29, 0.717) is 24.2 Å². The molecule has 134 valence electrons. The molecule has 1 unspecified atom stereocenters. The fourth-order valence-electron chi connectivity index (χ4n) is 3.34. The van der Waals surface area contributed by atoms with Crippen molar-refractivity contribution in [2.24, 2.45) is 5.92 Å². The SMILES string of the molecule is CC(C)CC(CNC(=O)c1ccc2ccccc2n1)N1CCOCC1. The lowest BCUT2D eigenvalue weighted by Gasteiger charge is -2.35. The second-order valence-corrected chi connectivity index (χ2v) is 7.03. The Labute approximate surface area is 149 Å². The number of aromatic nitrogens is 1. The molecule has 1 N–H and O–H groups in total.